The normalized spacial score (nSPS) is 18.9. The molecule has 1 aromatic rings. The van der Waals surface area contributed by atoms with Gasteiger partial charge in [0.25, 0.3) is 0 Å². The molecule has 4 nitrogen and oxygen atoms in total. The Morgan fingerprint density at radius 3 is 2.95 bits per heavy atom. The third-order valence-electron chi connectivity index (χ3n) is 3.94. The monoisotopic (exact) mass is 307 g/mol. The Morgan fingerprint density at radius 2 is 2.33 bits per heavy atom. The number of nitrogen functional groups attached to an aromatic ring is 1. The molecule has 1 aliphatic rings. The summed E-state index contributed by atoms with van der Waals surface area (Å²) in [5.41, 5.74) is 6.48. The molecule has 1 saturated heterocycles. The molecule has 0 saturated carbocycles. The minimum absolute atomic E-state index is 0.0829. The van der Waals surface area contributed by atoms with Crippen LogP contribution in [0.15, 0.2) is 23.1 Å². The van der Waals surface area contributed by atoms with Crippen LogP contribution in [0, 0.1) is 5.41 Å². The molecule has 1 fully saturated rings. The molecule has 0 spiro atoms. The molecule has 1 atom stereocenters. The van der Waals surface area contributed by atoms with Crippen LogP contribution < -0.4 is 10.5 Å². The number of nitrogens with zero attached hydrogens (tertiary/aromatic N) is 1. The van der Waals surface area contributed by atoms with Crippen LogP contribution in [0.5, 0.6) is 5.75 Å². The van der Waals surface area contributed by atoms with Gasteiger partial charge in [0.2, 0.25) is 0 Å². The molecule has 0 amide bonds. The van der Waals surface area contributed by atoms with Crippen LogP contribution in [0.3, 0.4) is 0 Å². The first-order valence-corrected chi connectivity index (χ1v) is 8.55. The van der Waals surface area contributed by atoms with Crippen molar-refractivity contribution in [1.29, 1.82) is 5.41 Å². The van der Waals surface area contributed by atoms with E-state index in [9.17, 15) is 0 Å². The molecule has 21 heavy (non-hydrogen) atoms. The lowest BCUT2D eigenvalue weighted by atomic mass is 10.1. The summed E-state index contributed by atoms with van der Waals surface area (Å²) in [6, 6.07) is 6.51. The lowest BCUT2D eigenvalue weighted by Crippen LogP contribution is -2.26. The summed E-state index contributed by atoms with van der Waals surface area (Å²) in [7, 11) is 2.18. The van der Waals surface area contributed by atoms with E-state index in [1.807, 2.05) is 18.2 Å². The summed E-state index contributed by atoms with van der Waals surface area (Å²) >= 11 is 1.69. The van der Waals surface area contributed by atoms with E-state index < -0.39 is 0 Å². The van der Waals surface area contributed by atoms with Crippen LogP contribution in [0.25, 0.3) is 0 Å². The van der Waals surface area contributed by atoms with Gasteiger partial charge < -0.3 is 15.4 Å². The van der Waals surface area contributed by atoms with Crippen molar-refractivity contribution in [2.75, 3.05) is 26.0 Å². The summed E-state index contributed by atoms with van der Waals surface area (Å²) in [4.78, 5) is 3.43. The fourth-order valence-electron chi connectivity index (χ4n) is 2.82. The summed E-state index contributed by atoms with van der Waals surface area (Å²) in [6.45, 7) is 3.96. The number of hydrogen-bond donors (Lipinski definition) is 2. The fraction of sp³-hybridized carbons (Fsp3) is 0.562. The predicted octanol–water partition coefficient (Wildman–Crippen LogP) is 2.95. The highest BCUT2D eigenvalue weighted by molar-refractivity contribution is 7.99. The van der Waals surface area contributed by atoms with Gasteiger partial charge in [-0.05, 0) is 50.7 Å². The van der Waals surface area contributed by atoms with Crippen LogP contribution in [-0.2, 0) is 0 Å². The molecular formula is C16H25N3OS. The molecule has 2 rings (SSSR count). The summed E-state index contributed by atoms with van der Waals surface area (Å²) in [6.07, 6.45) is 3.56. The average molecular weight is 307 g/mol. The van der Waals surface area contributed by atoms with Gasteiger partial charge in [0, 0.05) is 10.9 Å². The van der Waals surface area contributed by atoms with Gasteiger partial charge in [0.05, 0.1) is 12.2 Å². The molecule has 116 valence electrons. The van der Waals surface area contributed by atoms with Crippen LogP contribution in [0.4, 0.5) is 0 Å². The second-order valence-electron chi connectivity index (χ2n) is 5.39. The zero-order valence-corrected chi connectivity index (χ0v) is 13.7. The Hall–Kier alpha value is -1.20. The Labute approximate surface area is 131 Å². The van der Waals surface area contributed by atoms with Crippen molar-refractivity contribution < 1.29 is 4.74 Å². The SMILES string of the molecule is CCSc1cccc(OCCC2CCCN2C)c1C(=N)N. The Kier molecular flexibility index (Phi) is 5.94. The van der Waals surface area contributed by atoms with E-state index in [2.05, 4.69) is 18.9 Å². The average Bonchev–Trinajstić information content (AvgIpc) is 2.85. The first-order valence-electron chi connectivity index (χ1n) is 7.56. The molecule has 0 aliphatic carbocycles. The van der Waals surface area contributed by atoms with E-state index in [1.54, 1.807) is 11.8 Å². The molecule has 3 N–H and O–H groups in total. The van der Waals surface area contributed by atoms with Crippen molar-refractivity contribution in [3.8, 4) is 5.75 Å². The smallest absolute Gasteiger partial charge is 0.131 e. The molecule has 1 heterocycles. The number of hydrogen-bond acceptors (Lipinski definition) is 4. The second kappa shape index (κ2) is 7.71. The number of amidine groups is 1. The first-order chi connectivity index (χ1) is 10.1. The number of thioether (sulfide) groups is 1. The van der Waals surface area contributed by atoms with Crippen LogP contribution >= 0.6 is 11.8 Å². The van der Waals surface area contributed by atoms with Gasteiger partial charge in [0.15, 0.2) is 0 Å². The number of nitrogens with one attached hydrogen (secondary N) is 1. The lowest BCUT2D eigenvalue weighted by molar-refractivity contribution is 0.233. The standard InChI is InChI=1S/C16H25N3OS/c1-3-21-14-8-4-7-13(15(14)16(17)18)20-11-9-12-6-5-10-19(12)2/h4,7-8,12H,3,5-6,9-11H2,1-2H3,(H3,17,18). The van der Waals surface area contributed by atoms with E-state index >= 15 is 0 Å². The van der Waals surface area contributed by atoms with Crippen LogP contribution in [0.1, 0.15) is 31.7 Å². The molecule has 0 bridgehead atoms. The van der Waals surface area contributed by atoms with Gasteiger partial charge in [-0.25, -0.2) is 0 Å². The molecule has 0 radical (unpaired) electrons. The quantitative estimate of drug-likeness (QED) is 0.462. The molecule has 5 heteroatoms. The van der Waals surface area contributed by atoms with Crippen molar-refractivity contribution >= 4 is 17.6 Å². The Morgan fingerprint density at radius 1 is 1.52 bits per heavy atom. The first kappa shape index (κ1) is 16.2. The molecule has 1 aromatic carbocycles. The van der Waals surface area contributed by atoms with Crippen molar-refractivity contribution in [2.24, 2.45) is 5.73 Å². The number of benzene rings is 1. The van der Waals surface area contributed by atoms with Gasteiger partial charge in [-0.3, -0.25) is 5.41 Å². The zero-order valence-electron chi connectivity index (χ0n) is 12.9. The van der Waals surface area contributed by atoms with Gasteiger partial charge >= 0.3 is 0 Å². The van der Waals surface area contributed by atoms with E-state index in [0.717, 1.165) is 28.4 Å². The number of likely N-dealkylation sites (tertiary alicyclic amines) is 1. The maximum absolute atomic E-state index is 7.81. The van der Waals surface area contributed by atoms with Crippen molar-refractivity contribution in [3.05, 3.63) is 23.8 Å². The van der Waals surface area contributed by atoms with E-state index in [-0.39, 0.29) is 5.84 Å². The molecular weight excluding hydrogens is 282 g/mol. The van der Waals surface area contributed by atoms with Crippen molar-refractivity contribution in [3.63, 3.8) is 0 Å². The highest BCUT2D eigenvalue weighted by Crippen LogP contribution is 2.30. The van der Waals surface area contributed by atoms with Gasteiger partial charge in [0.1, 0.15) is 11.6 Å². The third-order valence-corrected chi connectivity index (χ3v) is 4.88. The predicted molar refractivity (Wildman–Crippen MR) is 89.6 cm³/mol. The number of ether oxygens (including phenoxy) is 1. The minimum Gasteiger partial charge on any atom is -0.493 e. The van der Waals surface area contributed by atoms with E-state index in [4.69, 9.17) is 15.9 Å². The minimum atomic E-state index is 0.0829. The zero-order chi connectivity index (χ0) is 15.2. The van der Waals surface area contributed by atoms with Crippen LogP contribution in [-0.4, -0.2) is 42.7 Å². The fourth-order valence-corrected chi connectivity index (χ4v) is 3.66. The largest absolute Gasteiger partial charge is 0.493 e. The van der Waals surface area contributed by atoms with E-state index in [1.165, 1.54) is 19.4 Å². The van der Waals surface area contributed by atoms with Gasteiger partial charge in [-0.2, -0.15) is 0 Å². The number of rotatable bonds is 7. The number of nitrogens with two attached hydrogens (primary N) is 1. The maximum atomic E-state index is 7.81. The lowest BCUT2D eigenvalue weighted by Gasteiger charge is -2.20. The van der Waals surface area contributed by atoms with Gasteiger partial charge in [-0.1, -0.05) is 13.0 Å². The molecule has 0 aromatic heterocycles. The maximum Gasteiger partial charge on any atom is 0.131 e. The van der Waals surface area contributed by atoms with E-state index in [0.29, 0.717) is 12.6 Å². The second-order valence-corrected chi connectivity index (χ2v) is 6.70. The highest BCUT2D eigenvalue weighted by atomic mass is 32.2. The van der Waals surface area contributed by atoms with Crippen molar-refractivity contribution in [1.82, 2.24) is 4.90 Å². The van der Waals surface area contributed by atoms with Crippen LogP contribution in [0.2, 0.25) is 0 Å². The summed E-state index contributed by atoms with van der Waals surface area (Å²) in [5.74, 6) is 1.78. The molecule has 1 aliphatic heterocycles. The van der Waals surface area contributed by atoms with Gasteiger partial charge in [-0.15, -0.1) is 11.8 Å². The Balaban J connectivity index is 2.01. The summed E-state index contributed by atoms with van der Waals surface area (Å²) < 4.78 is 5.93. The topological polar surface area (TPSA) is 62.3 Å². The summed E-state index contributed by atoms with van der Waals surface area (Å²) in [5, 5.41) is 7.81. The highest BCUT2D eigenvalue weighted by Gasteiger charge is 2.21. The Bertz CT molecular complexity index is 492. The molecule has 1 unspecified atom stereocenters. The third kappa shape index (κ3) is 4.14. The van der Waals surface area contributed by atoms with Crippen molar-refractivity contribution in [2.45, 2.75) is 37.1 Å².